The Morgan fingerprint density at radius 2 is 1.82 bits per heavy atom. The molecule has 0 saturated carbocycles. The van der Waals surface area contributed by atoms with Gasteiger partial charge in [-0.05, 0) is 67.9 Å². The van der Waals surface area contributed by atoms with Gasteiger partial charge >= 0.3 is 0 Å². The highest BCUT2D eigenvalue weighted by Gasteiger charge is 2.28. The number of aliphatic hydroxyl groups excluding tert-OH is 1. The number of carbonyl (C=O) groups is 1. The van der Waals surface area contributed by atoms with Gasteiger partial charge in [-0.15, -0.1) is 0 Å². The van der Waals surface area contributed by atoms with Crippen molar-refractivity contribution in [1.82, 2.24) is 14.7 Å². The molecule has 0 spiro atoms. The predicted octanol–water partition coefficient (Wildman–Crippen LogP) is 3.86. The molecule has 9 heteroatoms. The van der Waals surface area contributed by atoms with Crippen molar-refractivity contribution in [3.63, 3.8) is 0 Å². The summed E-state index contributed by atoms with van der Waals surface area (Å²) in [7, 11) is 0. The molecule has 0 unspecified atom stereocenters. The highest BCUT2D eigenvalue weighted by molar-refractivity contribution is 6.30. The van der Waals surface area contributed by atoms with Crippen LogP contribution in [0.4, 0.5) is 5.82 Å². The maximum absolute atomic E-state index is 12.3. The van der Waals surface area contributed by atoms with Crippen molar-refractivity contribution in [3.8, 4) is 22.8 Å². The van der Waals surface area contributed by atoms with E-state index in [1.807, 2.05) is 18.2 Å². The summed E-state index contributed by atoms with van der Waals surface area (Å²) in [6, 6.07) is 14.4. The number of primary amides is 1. The smallest absolute Gasteiger partial charge is 0.254 e. The molecule has 2 heterocycles. The number of carbonyl (C=O) groups excluding carboxylic acids is 1. The van der Waals surface area contributed by atoms with Crippen LogP contribution < -0.4 is 16.2 Å². The van der Waals surface area contributed by atoms with Crippen LogP contribution in [-0.4, -0.2) is 51.9 Å². The van der Waals surface area contributed by atoms with Gasteiger partial charge in [0.25, 0.3) is 5.91 Å². The van der Waals surface area contributed by atoms with Crippen LogP contribution in [-0.2, 0) is 0 Å². The van der Waals surface area contributed by atoms with E-state index in [9.17, 15) is 4.79 Å². The lowest BCUT2D eigenvalue weighted by atomic mass is 10.1. The van der Waals surface area contributed by atoms with Crippen LogP contribution in [0, 0.1) is 0 Å². The number of rotatable bonds is 8. The minimum Gasteiger partial charge on any atom is -0.457 e. The Morgan fingerprint density at radius 3 is 2.47 bits per heavy atom. The third kappa shape index (κ3) is 5.41. The number of nitrogens with zero attached hydrogens (tertiary/aromatic N) is 3. The molecular formula is C25H28ClN5O3. The maximum atomic E-state index is 12.3. The van der Waals surface area contributed by atoms with Crippen LogP contribution in [0.2, 0.25) is 5.02 Å². The number of piperidine rings is 1. The summed E-state index contributed by atoms with van der Waals surface area (Å²) in [4.78, 5) is 14.6. The molecule has 0 aliphatic carbocycles. The largest absolute Gasteiger partial charge is 0.457 e. The molecule has 8 nitrogen and oxygen atoms in total. The molecule has 1 atom stereocenters. The van der Waals surface area contributed by atoms with E-state index in [2.05, 4.69) is 4.90 Å². The predicted molar refractivity (Wildman–Crippen MR) is 133 cm³/mol. The van der Waals surface area contributed by atoms with Gasteiger partial charge in [0.1, 0.15) is 28.6 Å². The fraction of sp³-hybridized carbons (Fsp3) is 0.280. The SMILES string of the molecule is NC(=O)c1c(-c2ccc(Oc3ccc(Cl)cc3)cc2)nn([C@@H]2CCCN(C/C=C/CO)C2)c1N. The molecule has 1 saturated heterocycles. The van der Waals surface area contributed by atoms with Crippen LogP contribution in [0.5, 0.6) is 11.5 Å². The monoisotopic (exact) mass is 481 g/mol. The molecule has 5 N–H and O–H groups in total. The summed E-state index contributed by atoms with van der Waals surface area (Å²) >= 11 is 5.92. The molecule has 34 heavy (non-hydrogen) atoms. The third-order valence-corrected chi connectivity index (χ3v) is 6.09. The Kier molecular flexibility index (Phi) is 7.52. The third-order valence-electron chi connectivity index (χ3n) is 5.83. The van der Waals surface area contributed by atoms with Gasteiger partial charge in [-0.1, -0.05) is 23.8 Å². The van der Waals surface area contributed by atoms with Gasteiger partial charge in [-0.3, -0.25) is 9.69 Å². The summed E-state index contributed by atoms with van der Waals surface area (Å²) in [6.07, 6.45) is 5.56. The Balaban J connectivity index is 1.57. The Bertz CT molecular complexity index is 1160. The lowest BCUT2D eigenvalue weighted by molar-refractivity contribution is 0.100. The Hall–Kier alpha value is -3.33. The average Bonchev–Trinajstić information content (AvgIpc) is 3.19. The molecule has 178 valence electrons. The zero-order valence-corrected chi connectivity index (χ0v) is 19.5. The molecule has 1 amide bonds. The van der Waals surface area contributed by atoms with Gasteiger partial charge in [-0.25, -0.2) is 4.68 Å². The van der Waals surface area contributed by atoms with Crippen molar-refractivity contribution in [2.75, 3.05) is 32.0 Å². The van der Waals surface area contributed by atoms with Crippen LogP contribution in [0.3, 0.4) is 0 Å². The molecule has 1 fully saturated rings. The molecule has 4 rings (SSSR count). The summed E-state index contributed by atoms with van der Waals surface area (Å²) < 4.78 is 7.58. The van der Waals surface area contributed by atoms with E-state index in [4.69, 9.17) is 38.0 Å². The Morgan fingerprint density at radius 1 is 1.15 bits per heavy atom. The zero-order chi connectivity index (χ0) is 24.1. The lowest BCUT2D eigenvalue weighted by Gasteiger charge is -2.32. The lowest BCUT2D eigenvalue weighted by Crippen LogP contribution is -2.37. The summed E-state index contributed by atoms with van der Waals surface area (Å²) in [6.45, 7) is 2.46. The van der Waals surface area contributed by atoms with Crippen molar-refractivity contribution >= 4 is 23.3 Å². The molecule has 1 aromatic heterocycles. The first-order chi connectivity index (χ1) is 16.5. The average molecular weight is 482 g/mol. The second kappa shape index (κ2) is 10.7. The second-order valence-electron chi connectivity index (χ2n) is 8.21. The number of ether oxygens (including phenoxy) is 1. The summed E-state index contributed by atoms with van der Waals surface area (Å²) in [5, 5.41) is 14.3. The van der Waals surface area contributed by atoms with E-state index in [-0.39, 0.29) is 24.0 Å². The maximum Gasteiger partial charge on any atom is 0.254 e. The number of hydrogen-bond acceptors (Lipinski definition) is 6. The highest BCUT2D eigenvalue weighted by atomic mass is 35.5. The van der Waals surface area contributed by atoms with Crippen LogP contribution in [0.15, 0.2) is 60.7 Å². The standard InChI is InChI=1S/C25H28ClN5O3/c26-18-7-11-21(12-8-18)34-20-9-5-17(6-10-20)23-22(25(28)33)24(27)31(29-23)19-4-3-14-30(16-19)13-1-2-15-32/h1-2,5-12,19,32H,3-4,13-16,27H2,(H2,28,33)/b2-1+/t19-/m1/s1. The second-order valence-corrected chi connectivity index (χ2v) is 8.64. The number of likely N-dealkylation sites (tertiary alicyclic amines) is 1. The van der Waals surface area contributed by atoms with E-state index in [0.717, 1.165) is 38.0 Å². The van der Waals surface area contributed by atoms with Crippen molar-refractivity contribution < 1.29 is 14.6 Å². The topological polar surface area (TPSA) is 120 Å². The van der Waals surface area contributed by atoms with Gasteiger partial charge in [0, 0.05) is 23.7 Å². The fourth-order valence-electron chi connectivity index (χ4n) is 4.19. The molecule has 0 radical (unpaired) electrons. The van der Waals surface area contributed by atoms with Crippen LogP contribution in [0.25, 0.3) is 11.3 Å². The van der Waals surface area contributed by atoms with Crippen LogP contribution >= 0.6 is 11.6 Å². The number of nitrogen functional groups attached to an aromatic ring is 1. The molecule has 1 aliphatic heterocycles. The van der Waals surface area contributed by atoms with E-state index < -0.39 is 5.91 Å². The molecule has 0 bridgehead atoms. The molecular weight excluding hydrogens is 454 g/mol. The van der Waals surface area contributed by atoms with Crippen molar-refractivity contribution in [2.45, 2.75) is 18.9 Å². The summed E-state index contributed by atoms with van der Waals surface area (Å²) in [5.41, 5.74) is 13.5. The minimum absolute atomic E-state index is 0.0237. The van der Waals surface area contributed by atoms with E-state index in [1.165, 1.54) is 0 Å². The first kappa shape index (κ1) is 23.8. The number of aliphatic hydroxyl groups is 1. The van der Waals surface area contributed by atoms with Crippen molar-refractivity contribution in [2.24, 2.45) is 5.73 Å². The number of anilines is 1. The Labute approximate surface area is 203 Å². The number of aromatic nitrogens is 2. The minimum atomic E-state index is -0.612. The van der Waals surface area contributed by atoms with Gasteiger partial charge in [0.2, 0.25) is 0 Å². The molecule has 1 aliphatic rings. The van der Waals surface area contributed by atoms with Crippen LogP contribution in [0.1, 0.15) is 29.2 Å². The molecule has 3 aromatic rings. The fourth-order valence-corrected chi connectivity index (χ4v) is 4.31. The number of hydrogen-bond donors (Lipinski definition) is 3. The highest BCUT2D eigenvalue weighted by Crippen LogP contribution is 2.33. The summed E-state index contributed by atoms with van der Waals surface area (Å²) in [5.74, 6) is 0.970. The normalized spacial score (nSPS) is 16.7. The van der Waals surface area contributed by atoms with Gasteiger partial charge < -0.3 is 21.3 Å². The van der Waals surface area contributed by atoms with Gasteiger partial charge in [-0.2, -0.15) is 5.10 Å². The van der Waals surface area contributed by atoms with Gasteiger partial charge in [0.05, 0.1) is 12.6 Å². The first-order valence-electron chi connectivity index (χ1n) is 11.2. The van der Waals surface area contributed by atoms with E-state index in [0.29, 0.717) is 22.2 Å². The number of amides is 1. The number of halogens is 1. The first-order valence-corrected chi connectivity index (χ1v) is 11.5. The number of benzene rings is 2. The number of nitrogens with two attached hydrogens (primary N) is 2. The van der Waals surface area contributed by atoms with E-state index in [1.54, 1.807) is 47.2 Å². The van der Waals surface area contributed by atoms with Gasteiger partial charge in [0.15, 0.2) is 0 Å². The zero-order valence-electron chi connectivity index (χ0n) is 18.7. The van der Waals surface area contributed by atoms with Crippen molar-refractivity contribution in [3.05, 3.63) is 71.3 Å². The van der Waals surface area contributed by atoms with Crippen molar-refractivity contribution in [1.29, 1.82) is 0 Å². The van der Waals surface area contributed by atoms with E-state index >= 15 is 0 Å². The quantitative estimate of drug-likeness (QED) is 0.420. The molecule has 2 aromatic carbocycles.